The van der Waals surface area contributed by atoms with Gasteiger partial charge in [-0.3, -0.25) is 4.68 Å². The van der Waals surface area contributed by atoms with Crippen molar-refractivity contribution in [3.05, 3.63) is 46.2 Å². The number of aromatic nitrogens is 2. The number of benzene rings is 1. The molecule has 1 N–H and O–H groups in total. The number of halogens is 1. The van der Waals surface area contributed by atoms with Gasteiger partial charge in [-0.2, -0.15) is 5.10 Å². The number of ether oxygens (including phenoxy) is 1. The quantitative estimate of drug-likeness (QED) is 0.937. The highest BCUT2D eigenvalue weighted by Crippen LogP contribution is 2.30. The number of hydrogen-bond acceptors (Lipinski definition) is 3. The van der Waals surface area contributed by atoms with Crippen LogP contribution in [0.2, 0.25) is 5.02 Å². The van der Waals surface area contributed by atoms with Crippen molar-refractivity contribution < 1.29 is 9.84 Å². The first-order valence-electron chi connectivity index (χ1n) is 6.03. The molecule has 0 aliphatic heterocycles. The molecule has 0 aliphatic carbocycles. The van der Waals surface area contributed by atoms with Crippen molar-refractivity contribution >= 4 is 11.6 Å². The van der Waals surface area contributed by atoms with Gasteiger partial charge in [-0.15, -0.1) is 0 Å². The zero-order valence-corrected chi connectivity index (χ0v) is 12.0. The van der Waals surface area contributed by atoms with E-state index in [2.05, 4.69) is 5.10 Å². The average Bonchev–Trinajstić information content (AvgIpc) is 2.65. The Kier molecular flexibility index (Phi) is 4.12. The van der Waals surface area contributed by atoms with Gasteiger partial charge in [0.25, 0.3) is 0 Å². The number of rotatable bonds is 4. The van der Waals surface area contributed by atoms with Gasteiger partial charge in [0.1, 0.15) is 5.75 Å². The minimum absolute atomic E-state index is 0.399. The monoisotopic (exact) mass is 280 g/mol. The van der Waals surface area contributed by atoms with Crippen molar-refractivity contribution in [2.75, 3.05) is 7.11 Å². The Hall–Kier alpha value is -1.52. The molecule has 2 aromatic rings. The molecule has 102 valence electrons. The van der Waals surface area contributed by atoms with Gasteiger partial charge < -0.3 is 9.84 Å². The molecule has 0 fully saturated rings. The first kappa shape index (κ1) is 13.9. The predicted molar refractivity (Wildman–Crippen MR) is 74.6 cm³/mol. The lowest BCUT2D eigenvalue weighted by molar-refractivity contribution is 0.171. The van der Waals surface area contributed by atoms with Crippen LogP contribution in [0.25, 0.3) is 0 Å². The van der Waals surface area contributed by atoms with Crippen molar-refractivity contribution in [2.24, 2.45) is 7.05 Å². The zero-order chi connectivity index (χ0) is 14.0. The van der Waals surface area contributed by atoms with Gasteiger partial charge in [-0.1, -0.05) is 29.8 Å². The van der Waals surface area contributed by atoms with E-state index in [4.69, 9.17) is 16.3 Å². The molecule has 1 aromatic carbocycles. The molecule has 0 bridgehead atoms. The first-order chi connectivity index (χ1) is 9.04. The van der Waals surface area contributed by atoms with E-state index in [1.807, 2.05) is 38.2 Å². The summed E-state index contributed by atoms with van der Waals surface area (Å²) in [6.45, 7) is 1.85. The molecule has 1 heterocycles. The van der Waals surface area contributed by atoms with E-state index in [0.717, 1.165) is 17.0 Å². The van der Waals surface area contributed by atoms with E-state index in [1.165, 1.54) is 0 Å². The number of aliphatic hydroxyl groups is 1. The summed E-state index contributed by atoms with van der Waals surface area (Å²) < 4.78 is 6.96. The second kappa shape index (κ2) is 5.63. The van der Waals surface area contributed by atoms with E-state index in [0.29, 0.717) is 17.2 Å². The lowest BCUT2D eigenvalue weighted by atomic mass is 10.0. The maximum absolute atomic E-state index is 10.4. The summed E-state index contributed by atoms with van der Waals surface area (Å²) in [4.78, 5) is 0. The molecule has 0 aliphatic rings. The normalized spacial score (nSPS) is 12.5. The molecule has 0 spiro atoms. The fourth-order valence-corrected chi connectivity index (χ4v) is 2.37. The maximum atomic E-state index is 10.4. The first-order valence-corrected chi connectivity index (χ1v) is 6.41. The third-order valence-electron chi connectivity index (χ3n) is 3.15. The highest BCUT2D eigenvalue weighted by molar-refractivity contribution is 6.31. The molecule has 19 heavy (non-hydrogen) atoms. The highest BCUT2D eigenvalue weighted by Gasteiger charge is 2.18. The fraction of sp³-hybridized carbons (Fsp3) is 0.357. The van der Waals surface area contributed by atoms with Crippen LogP contribution < -0.4 is 4.74 Å². The number of aryl methyl sites for hydroxylation is 2. The van der Waals surface area contributed by atoms with Gasteiger partial charge in [0.05, 0.1) is 29.6 Å². The number of nitrogens with zero attached hydrogens (tertiary/aromatic N) is 2. The third-order valence-corrected chi connectivity index (χ3v) is 3.64. The third kappa shape index (κ3) is 2.74. The minimum Gasteiger partial charge on any atom is -0.496 e. The van der Waals surface area contributed by atoms with E-state index in [1.54, 1.807) is 11.8 Å². The largest absolute Gasteiger partial charge is 0.496 e. The number of aliphatic hydroxyl groups excluding tert-OH is 1. The molecule has 1 atom stereocenters. The summed E-state index contributed by atoms with van der Waals surface area (Å²) in [5.41, 5.74) is 2.34. The topological polar surface area (TPSA) is 47.3 Å². The zero-order valence-electron chi connectivity index (χ0n) is 11.2. The second-order valence-electron chi connectivity index (χ2n) is 4.43. The summed E-state index contributed by atoms with van der Waals surface area (Å²) in [5, 5.41) is 15.2. The van der Waals surface area contributed by atoms with Crippen LogP contribution >= 0.6 is 11.6 Å². The van der Waals surface area contributed by atoms with Crippen LogP contribution in [0.3, 0.4) is 0 Å². The molecule has 0 radical (unpaired) electrons. The summed E-state index contributed by atoms with van der Waals surface area (Å²) in [7, 11) is 3.41. The molecule has 0 amide bonds. The summed E-state index contributed by atoms with van der Waals surface area (Å²) in [5.74, 6) is 0.671. The van der Waals surface area contributed by atoms with Crippen LogP contribution in [0.15, 0.2) is 24.3 Å². The molecular weight excluding hydrogens is 264 g/mol. The second-order valence-corrected chi connectivity index (χ2v) is 4.81. The Balaban J connectivity index is 2.28. The lowest BCUT2D eigenvalue weighted by Crippen LogP contribution is -2.08. The summed E-state index contributed by atoms with van der Waals surface area (Å²) >= 11 is 6.19. The van der Waals surface area contributed by atoms with Crippen molar-refractivity contribution in [3.8, 4) is 5.75 Å². The highest BCUT2D eigenvalue weighted by atomic mass is 35.5. The van der Waals surface area contributed by atoms with Crippen LogP contribution in [0.1, 0.15) is 23.1 Å². The van der Waals surface area contributed by atoms with Crippen LogP contribution in [0, 0.1) is 6.92 Å². The average molecular weight is 281 g/mol. The molecule has 2 rings (SSSR count). The molecule has 0 saturated heterocycles. The van der Waals surface area contributed by atoms with Gasteiger partial charge >= 0.3 is 0 Å². The van der Waals surface area contributed by atoms with Crippen LogP contribution in [-0.4, -0.2) is 22.0 Å². The standard InChI is InChI=1S/C14H17ClN2O2/c1-9-14(15)11(17(2)16-9)8-12(18)10-6-4-5-7-13(10)19-3/h4-7,12,18H,8H2,1-3H3. The van der Waals surface area contributed by atoms with Gasteiger partial charge in [-0.05, 0) is 13.0 Å². The Labute approximate surface area is 117 Å². The molecule has 1 aromatic heterocycles. The van der Waals surface area contributed by atoms with Crippen LogP contribution in [0.4, 0.5) is 0 Å². The van der Waals surface area contributed by atoms with E-state index in [9.17, 15) is 5.11 Å². The van der Waals surface area contributed by atoms with Crippen molar-refractivity contribution in [2.45, 2.75) is 19.4 Å². The fourth-order valence-electron chi connectivity index (χ4n) is 2.14. The van der Waals surface area contributed by atoms with Gasteiger partial charge in [0, 0.05) is 19.0 Å². The van der Waals surface area contributed by atoms with Crippen molar-refractivity contribution in [3.63, 3.8) is 0 Å². The predicted octanol–water partition coefficient (Wildman–Crippen LogP) is 2.67. The SMILES string of the molecule is COc1ccccc1C(O)Cc1c(Cl)c(C)nn1C. The number of para-hydroxylation sites is 1. The summed E-state index contributed by atoms with van der Waals surface area (Å²) in [6, 6.07) is 7.42. The number of methoxy groups -OCH3 is 1. The smallest absolute Gasteiger partial charge is 0.124 e. The molecule has 0 saturated carbocycles. The molecule has 5 heteroatoms. The van der Waals surface area contributed by atoms with E-state index < -0.39 is 6.10 Å². The molecule has 4 nitrogen and oxygen atoms in total. The minimum atomic E-state index is -0.677. The van der Waals surface area contributed by atoms with Crippen LogP contribution in [-0.2, 0) is 13.5 Å². The Bertz CT molecular complexity index is 581. The van der Waals surface area contributed by atoms with Gasteiger partial charge in [0.2, 0.25) is 0 Å². The Morgan fingerprint density at radius 1 is 1.42 bits per heavy atom. The van der Waals surface area contributed by atoms with Gasteiger partial charge in [-0.25, -0.2) is 0 Å². The van der Waals surface area contributed by atoms with Crippen LogP contribution in [0.5, 0.6) is 5.75 Å². The van der Waals surface area contributed by atoms with Gasteiger partial charge in [0.15, 0.2) is 0 Å². The maximum Gasteiger partial charge on any atom is 0.124 e. The molecule has 1 unspecified atom stereocenters. The summed E-state index contributed by atoms with van der Waals surface area (Å²) in [6.07, 6.45) is -0.278. The number of hydrogen-bond donors (Lipinski definition) is 1. The Morgan fingerprint density at radius 3 is 2.68 bits per heavy atom. The van der Waals surface area contributed by atoms with E-state index in [-0.39, 0.29) is 0 Å². The van der Waals surface area contributed by atoms with Crippen molar-refractivity contribution in [1.82, 2.24) is 9.78 Å². The molecular formula is C14H17ClN2O2. The van der Waals surface area contributed by atoms with Crippen molar-refractivity contribution in [1.29, 1.82) is 0 Å². The Morgan fingerprint density at radius 2 is 2.11 bits per heavy atom. The lowest BCUT2D eigenvalue weighted by Gasteiger charge is -2.15. The van der Waals surface area contributed by atoms with E-state index >= 15 is 0 Å².